The maximum Gasteiger partial charge on any atom is 0.334 e. The molecule has 42 heavy (non-hydrogen) atoms. The maximum atomic E-state index is 9.56. The number of nitrogens with zero attached hydrogens (tertiary/aromatic N) is 7. The van der Waals surface area contributed by atoms with Crippen molar-refractivity contribution >= 4 is 22.2 Å². The summed E-state index contributed by atoms with van der Waals surface area (Å²) in [4.78, 5) is 9.27. The summed E-state index contributed by atoms with van der Waals surface area (Å²) in [7, 11) is 0. The lowest BCUT2D eigenvalue weighted by Crippen LogP contribution is -2.31. The van der Waals surface area contributed by atoms with Crippen LogP contribution in [0.4, 0.5) is 0 Å². The molecule has 0 atom stereocenters. The standard InChI is InChI=1S/C33H31N8O/c1-33(2,22-42)21-34-19-23-9-11-26(12-10-23)41-32-27-17-25(24-7-4-3-5-8-24)20-36-28(27)13-16-39(32)31(38-41)29-18-30-35-14-6-15-40(30)37-29/h3-18,20,34,42H,19,21-22H2,1-2H3/q+1. The molecule has 0 amide bonds. The molecular weight excluding hydrogens is 524 g/mol. The third-order valence-corrected chi connectivity index (χ3v) is 7.51. The lowest BCUT2D eigenvalue weighted by molar-refractivity contribution is -0.498. The average molecular weight is 556 g/mol. The van der Waals surface area contributed by atoms with Gasteiger partial charge >= 0.3 is 5.82 Å². The van der Waals surface area contributed by atoms with Crippen LogP contribution in [-0.2, 0) is 6.54 Å². The van der Waals surface area contributed by atoms with Gasteiger partial charge in [-0.3, -0.25) is 4.98 Å². The van der Waals surface area contributed by atoms with Crippen LogP contribution in [0.15, 0.2) is 104 Å². The van der Waals surface area contributed by atoms with Gasteiger partial charge in [-0.05, 0) is 41.5 Å². The van der Waals surface area contributed by atoms with E-state index in [1.165, 1.54) is 0 Å². The molecule has 9 nitrogen and oxygen atoms in total. The second kappa shape index (κ2) is 10.4. The smallest absolute Gasteiger partial charge is 0.334 e. The van der Waals surface area contributed by atoms with Crippen molar-refractivity contribution in [2.45, 2.75) is 20.4 Å². The minimum atomic E-state index is -0.164. The summed E-state index contributed by atoms with van der Waals surface area (Å²) >= 11 is 0. The van der Waals surface area contributed by atoms with Gasteiger partial charge in [0.2, 0.25) is 0 Å². The van der Waals surface area contributed by atoms with Crippen LogP contribution in [0.3, 0.4) is 0 Å². The molecule has 0 radical (unpaired) electrons. The largest absolute Gasteiger partial charge is 0.396 e. The SMILES string of the molecule is CC(C)(CO)CNCc1ccc(-n2nc(-c3cc4ncccn4n3)[n+]3ccc4ncc(-c5ccccc5)cc4c23)cc1. The second-order valence-electron chi connectivity index (χ2n) is 11.3. The molecular formula is C33H31N8O+. The van der Waals surface area contributed by atoms with E-state index in [0.717, 1.165) is 56.8 Å². The van der Waals surface area contributed by atoms with Crippen molar-refractivity contribution in [2.75, 3.05) is 13.2 Å². The third-order valence-electron chi connectivity index (χ3n) is 7.51. The summed E-state index contributed by atoms with van der Waals surface area (Å²) in [6.45, 7) is 5.67. The summed E-state index contributed by atoms with van der Waals surface area (Å²) in [5, 5.41) is 23.9. The van der Waals surface area contributed by atoms with Gasteiger partial charge in [0.05, 0.1) is 22.2 Å². The minimum absolute atomic E-state index is 0.141. The Balaban J connectivity index is 1.37. The van der Waals surface area contributed by atoms with E-state index in [-0.39, 0.29) is 12.0 Å². The van der Waals surface area contributed by atoms with Gasteiger partial charge in [0.1, 0.15) is 5.69 Å². The fraction of sp³-hybridized carbons (Fsp3) is 0.182. The average Bonchev–Trinajstić information content (AvgIpc) is 3.64. The normalized spacial score (nSPS) is 12.1. The Morgan fingerprint density at radius 2 is 1.74 bits per heavy atom. The second-order valence-corrected chi connectivity index (χ2v) is 11.3. The number of aliphatic hydroxyl groups is 1. The van der Waals surface area contributed by atoms with Crippen LogP contribution in [-0.4, -0.2) is 47.6 Å². The Hall–Kier alpha value is -4.99. The van der Waals surface area contributed by atoms with Crippen LogP contribution in [0.2, 0.25) is 0 Å². The van der Waals surface area contributed by atoms with Crippen LogP contribution in [0.1, 0.15) is 19.4 Å². The van der Waals surface area contributed by atoms with Gasteiger partial charge in [-0.2, -0.15) is 9.50 Å². The zero-order valence-corrected chi connectivity index (χ0v) is 23.5. The number of fused-ring (bicyclic) bond motifs is 4. The predicted molar refractivity (Wildman–Crippen MR) is 162 cm³/mol. The lowest BCUT2D eigenvalue weighted by atomic mass is 9.95. The number of aliphatic hydroxyl groups excluding tert-OH is 1. The quantitative estimate of drug-likeness (QED) is 0.265. The number of hydrogen-bond donors (Lipinski definition) is 2. The van der Waals surface area contributed by atoms with E-state index in [1.807, 2.05) is 73.5 Å². The fourth-order valence-electron chi connectivity index (χ4n) is 5.15. The molecule has 0 spiro atoms. The highest BCUT2D eigenvalue weighted by atomic mass is 16.3. The van der Waals surface area contributed by atoms with Crippen molar-refractivity contribution < 1.29 is 9.51 Å². The Morgan fingerprint density at radius 1 is 0.905 bits per heavy atom. The Labute approximate surface area is 242 Å². The van der Waals surface area contributed by atoms with Crippen LogP contribution in [0, 0.1) is 5.41 Å². The highest BCUT2D eigenvalue weighted by Gasteiger charge is 2.27. The van der Waals surface area contributed by atoms with Crippen molar-refractivity contribution in [1.82, 2.24) is 34.7 Å². The van der Waals surface area contributed by atoms with E-state index >= 15 is 0 Å². The molecule has 208 valence electrons. The summed E-state index contributed by atoms with van der Waals surface area (Å²) in [5.41, 5.74) is 7.32. The minimum Gasteiger partial charge on any atom is -0.396 e. The van der Waals surface area contributed by atoms with Crippen molar-refractivity contribution in [2.24, 2.45) is 5.41 Å². The van der Waals surface area contributed by atoms with Gasteiger partial charge < -0.3 is 10.4 Å². The van der Waals surface area contributed by atoms with Crippen molar-refractivity contribution in [3.63, 3.8) is 0 Å². The van der Waals surface area contributed by atoms with Crippen LogP contribution in [0.25, 0.3) is 50.5 Å². The summed E-state index contributed by atoms with van der Waals surface area (Å²) < 4.78 is 5.81. The summed E-state index contributed by atoms with van der Waals surface area (Å²) in [5.74, 6) is 0.708. The Bertz CT molecular complexity index is 1990. The first-order valence-corrected chi connectivity index (χ1v) is 14.0. The number of aromatic nitrogens is 7. The predicted octanol–water partition coefficient (Wildman–Crippen LogP) is 4.64. The summed E-state index contributed by atoms with van der Waals surface area (Å²) in [6.07, 6.45) is 7.57. The molecule has 0 bridgehead atoms. The van der Waals surface area contributed by atoms with E-state index in [4.69, 9.17) is 15.2 Å². The lowest BCUT2D eigenvalue weighted by Gasteiger charge is -2.21. The van der Waals surface area contributed by atoms with Gasteiger partial charge in [-0.15, -0.1) is 0 Å². The first kappa shape index (κ1) is 25.9. The topological polar surface area (TPSA) is 97.3 Å². The maximum absolute atomic E-state index is 9.56. The van der Waals surface area contributed by atoms with Crippen molar-refractivity contribution in [1.29, 1.82) is 0 Å². The first-order valence-electron chi connectivity index (χ1n) is 14.0. The molecule has 9 heteroatoms. The zero-order valence-electron chi connectivity index (χ0n) is 23.5. The number of rotatable bonds is 8. The van der Waals surface area contributed by atoms with Gasteiger partial charge in [0, 0.05) is 55.3 Å². The van der Waals surface area contributed by atoms with E-state index in [0.29, 0.717) is 12.4 Å². The zero-order chi connectivity index (χ0) is 28.7. The highest BCUT2D eigenvalue weighted by molar-refractivity contribution is 5.93. The molecule has 0 unspecified atom stereocenters. The molecule has 7 aromatic rings. The fourth-order valence-corrected chi connectivity index (χ4v) is 5.15. The molecule has 0 fully saturated rings. The molecule has 0 aliphatic carbocycles. The molecule has 5 aromatic heterocycles. The van der Waals surface area contributed by atoms with Gasteiger partial charge in [-0.25, -0.2) is 9.50 Å². The highest BCUT2D eigenvalue weighted by Crippen LogP contribution is 2.27. The molecule has 2 aromatic carbocycles. The van der Waals surface area contributed by atoms with Crippen LogP contribution >= 0.6 is 0 Å². The van der Waals surface area contributed by atoms with E-state index in [1.54, 1.807) is 10.7 Å². The monoisotopic (exact) mass is 555 g/mol. The van der Waals surface area contributed by atoms with E-state index in [9.17, 15) is 5.11 Å². The molecule has 0 saturated heterocycles. The molecule has 0 aliphatic rings. The number of hydrogen-bond acceptors (Lipinski definition) is 6. The van der Waals surface area contributed by atoms with Crippen LogP contribution in [0.5, 0.6) is 0 Å². The first-order chi connectivity index (χ1) is 20.5. The van der Waals surface area contributed by atoms with Gasteiger partial charge in [-0.1, -0.05) is 61.0 Å². The van der Waals surface area contributed by atoms with E-state index in [2.05, 4.69) is 57.2 Å². The number of benzene rings is 2. The van der Waals surface area contributed by atoms with Gasteiger partial charge in [0.25, 0.3) is 5.65 Å². The van der Waals surface area contributed by atoms with Crippen molar-refractivity contribution in [3.05, 3.63) is 109 Å². The van der Waals surface area contributed by atoms with Gasteiger partial charge in [0.15, 0.2) is 11.3 Å². The molecule has 7 rings (SSSR count). The van der Waals surface area contributed by atoms with E-state index < -0.39 is 0 Å². The Morgan fingerprint density at radius 3 is 2.52 bits per heavy atom. The molecule has 0 aliphatic heterocycles. The number of nitrogens with one attached hydrogen (secondary N) is 1. The summed E-state index contributed by atoms with van der Waals surface area (Å²) in [6, 6.07) is 26.7. The van der Waals surface area contributed by atoms with Crippen LogP contribution < -0.4 is 9.72 Å². The molecule has 2 N–H and O–H groups in total. The third kappa shape index (κ3) is 4.78. The number of pyridine rings is 2. The Kier molecular flexibility index (Phi) is 6.45. The molecule has 0 saturated carbocycles. The molecule has 5 heterocycles. The van der Waals surface area contributed by atoms with Crippen molar-refractivity contribution in [3.8, 4) is 28.3 Å².